The molecule has 0 aliphatic heterocycles. The number of hydrogen-bond donors (Lipinski definition) is 1. The van der Waals surface area contributed by atoms with Crippen molar-refractivity contribution in [2.24, 2.45) is 0 Å². The van der Waals surface area contributed by atoms with Crippen molar-refractivity contribution in [1.82, 2.24) is 4.57 Å². The SMILES string of the molecule is CCCCCCCCCC.C[NH+](CC1=CC(n2cccc2)=CC1)C(C)(C)C.[Cl-].[Cl-].[Ti]. The van der Waals surface area contributed by atoms with Crippen molar-refractivity contribution in [1.29, 1.82) is 0 Å². The molecular weight excluding hydrogens is 447 g/mol. The Morgan fingerprint density at radius 3 is 1.77 bits per heavy atom. The molecule has 174 valence electrons. The Morgan fingerprint density at radius 2 is 1.33 bits per heavy atom. The van der Waals surface area contributed by atoms with Crippen LogP contribution in [0.4, 0.5) is 0 Å². The minimum Gasteiger partial charge on any atom is -1.00 e. The number of quaternary nitrogens is 1. The minimum absolute atomic E-state index is 0. The summed E-state index contributed by atoms with van der Waals surface area (Å²) in [6, 6.07) is 4.14. The maximum Gasteiger partial charge on any atom is 0.0996 e. The van der Waals surface area contributed by atoms with Crippen LogP contribution in [0.5, 0.6) is 0 Å². The third-order valence-electron chi connectivity index (χ3n) is 5.56. The van der Waals surface area contributed by atoms with Gasteiger partial charge in [0.2, 0.25) is 0 Å². The van der Waals surface area contributed by atoms with E-state index >= 15 is 0 Å². The van der Waals surface area contributed by atoms with Gasteiger partial charge >= 0.3 is 0 Å². The Kier molecular flexibility index (Phi) is 22.7. The number of aromatic nitrogens is 1. The first kappa shape index (κ1) is 34.6. The van der Waals surface area contributed by atoms with E-state index in [0.29, 0.717) is 5.54 Å². The van der Waals surface area contributed by atoms with E-state index < -0.39 is 0 Å². The molecule has 1 aliphatic carbocycles. The van der Waals surface area contributed by atoms with Gasteiger partial charge in [-0.1, -0.05) is 71.3 Å². The molecule has 1 aliphatic rings. The van der Waals surface area contributed by atoms with E-state index in [1.165, 1.54) is 62.6 Å². The first-order chi connectivity index (χ1) is 12.9. The van der Waals surface area contributed by atoms with Gasteiger partial charge < -0.3 is 34.3 Å². The zero-order valence-electron chi connectivity index (χ0n) is 20.2. The molecule has 0 aromatic carbocycles. The molecule has 5 heteroatoms. The summed E-state index contributed by atoms with van der Waals surface area (Å²) >= 11 is 0. The van der Waals surface area contributed by atoms with Crippen LogP contribution < -0.4 is 29.7 Å². The third-order valence-corrected chi connectivity index (χ3v) is 5.56. The molecule has 0 bridgehead atoms. The zero-order valence-corrected chi connectivity index (χ0v) is 23.3. The van der Waals surface area contributed by atoms with Crippen LogP contribution in [0, 0.1) is 0 Å². The fraction of sp³-hybridized carbons (Fsp3) is 0.680. The summed E-state index contributed by atoms with van der Waals surface area (Å²) in [7, 11) is 2.27. The van der Waals surface area contributed by atoms with Crippen LogP contribution in [-0.4, -0.2) is 23.7 Å². The molecule has 1 aromatic heterocycles. The second-order valence-electron chi connectivity index (χ2n) is 9.05. The van der Waals surface area contributed by atoms with E-state index in [0.717, 1.165) is 13.0 Å². The van der Waals surface area contributed by atoms with Crippen LogP contribution in [0.2, 0.25) is 0 Å². The molecule has 0 spiro atoms. The minimum atomic E-state index is 0. The first-order valence-electron chi connectivity index (χ1n) is 11.2. The Morgan fingerprint density at radius 1 is 0.867 bits per heavy atom. The molecule has 2 nitrogen and oxygen atoms in total. The number of rotatable bonds is 10. The van der Waals surface area contributed by atoms with E-state index in [2.05, 4.69) is 82.9 Å². The fourth-order valence-corrected chi connectivity index (χ4v) is 3.19. The van der Waals surface area contributed by atoms with E-state index in [4.69, 9.17) is 0 Å². The van der Waals surface area contributed by atoms with Crippen molar-refractivity contribution in [2.45, 2.75) is 97.9 Å². The Labute approximate surface area is 214 Å². The van der Waals surface area contributed by atoms with Crippen LogP contribution >= 0.6 is 0 Å². The van der Waals surface area contributed by atoms with Crippen molar-refractivity contribution in [3.8, 4) is 0 Å². The summed E-state index contributed by atoms with van der Waals surface area (Å²) in [6.45, 7) is 12.5. The molecule has 1 atom stereocenters. The van der Waals surface area contributed by atoms with Gasteiger partial charge in [0.05, 0.1) is 19.1 Å². The molecule has 30 heavy (non-hydrogen) atoms. The maximum absolute atomic E-state index is 2.33. The van der Waals surface area contributed by atoms with E-state index in [1.807, 2.05) is 0 Å². The van der Waals surface area contributed by atoms with Crippen molar-refractivity contribution < 1.29 is 51.4 Å². The van der Waals surface area contributed by atoms with Crippen molar-refractivity contribution in [3.05, 3.63) is 42.3 Å². The Balaban J connectivity index is -0.000000495. The topological polar surface area (TPSA) is 9.37 Å². The molecule has 0 fully saturated rings. The van der Waals surface area contributed by atoms with E-state index in [-0.39, 0.29) is 46.5 Å². The number of allylic oxidation sites excluding steroid dienone is 3. The number of halogens is 2. The molecule has 0 radical (unpaired) electrons. The third kappa shape index (κ3) is 14.9. The Hall–Kier alpha value is 0.0143. The molecule has 0 saturated heterocycles. The first-order valence-corrected chi connectivity index (χ1v) is 11.2. The van der Waals surface area contributed by atoms with Crippen LogP contribution in [-0.2, 0) is 21.7 Å². The molecule has 1 unspecified atom stereocenters. The average Bonchev–Trinajstić information content (AvgIpc) is 3.29. The van der Waals surface area contributed by atoms with Crippen molar-refractivity contribution in [2.75, 3.05) is 13.6 Å². The van der Waals surface area contributed by atoms with Gasteiger partial charge in [0, 0.05) is 39.8 Å². The molecule has 1 N–H and O–H groups in total. The number of hydrogen-bond acceptors (Lipinski definition) is 0. The van der Waals surface area contributed by atoms with Gasteiger partial charge in [-0.05, 0) is 51.0 Å². The van der Waals surface area contributed by atoms with Gasteiger partial charge in [-0.3, -0.25) is 0 Å². The molecule has 1 heterocycles. The molecule has 2 rings (SSSR count). The summed E-state index contributed by atoms with van der Waals surface area (Å²) in [5.74, 6) is 0. The smallest absolute Gasteiger partial charge is 0.0996 e. The molecular formula is C25H45Cl2N2Ti-. The summed E-state index contributed by atoms with van der Waals surface area (Å²) in [6.07, 6.45) is 21.4. The number of unbranched alkanes of at least 4 members (excludes halogenated alkanes) is 7. The van der Waals surface area contributed by atoms with Gasteiger partial charge in [0.1, 0.15) is 0 Å². The maximum atomic E-state index is 2.33. The quantitative estimate of drug-likeness (QED) is 0.352. The Bertz CT molecular complexity index is 552. The monoisotopic (exact) mass is 491 g/mol. The van der Waals surface area contributed by atoms with E-state index in [1.54, 1.807) is 4.90 Å². The van der Waals surface area contributed by atoms with Crippen LogP contribution in [0.25, 0.3) is 5.70 Å². The van der Waals surface area contributed by atoms with Crippen molar-refractivity contribution in [3.63, 3.8) is 0 Å². The summed E-state index contributed by atoms with van der Waals surface area (Å²) < 4.78 is 2.18. The standard InChI is InChI=1S/C15H22N2.C10H22.2ClH.Ti/c1-15(2,3)16(4)12-13-7-8-14(11-13)17-9-5-6-10-17;1-3-5-7-9-10-8-6-4-2;;;/h5-6,8-11H,7,12H2,1-4H3;3-10H2,1-2H3;2*1H;/p-1. The molecule has 0 amide bonds. The van der Waals surface area contributed by atoms with E-state index in [9.17, 15) is 0 Å². The van der Waals surface area contributed by atoms with Gasteiger partial charge in [-0.2, -0.15) is 0 Å². The summed E-state index contributed by atoms with van der Waals surface area (Å²) in [4.78, 5) is 1.56. The summed E-state index contributed by atoms with van der Waals surface area (Å²) in [5, 5.41) is 0. The van der Waals surface area contributed by atoms with Crippen molar-refractivity contribution >= 4 is 5.70 Å². The summed E-state index contributed by atoms with van der Waals surface area (Å²) in [5.41, 5.74) is 3.16. The number of nitrogens with one attached hydrogen (secondary N) is 1. The van der Waals surface area contributed by atoms with Gasteiger partial charge in [0.15, 0.2) is 0 Å². The van der Waals surface area contributed by atoms with Gasteiger partial charge in [-0.15, -0.1) is 0 Å². The average molecular weight is 492 g/mol. The number of likely N-dealkylation sites (N-methyl/N-ethyl adjacent to an activating group) is 1. The second-order valence-corrected chi connectivity index (χ2v) is 9.05. The number of nitrogens with zero attached hydrogens (tertiary/aromatic N) is 1. The van der Waals surface area contributed by atoms with Crippen LogP contribution in [0.3, 0.4) is 0 Å². The largest absolute Gasteiger partial charge is 1.00 e. The molecule has 1 aromatic rings. The van der Waals surface area contributed by atoms with Gasteiger partial charge in [-0.25, -0.2) is 0 Å². The van der Waals surface area contributed by atoms with Crippen LogP contribution in [0.15, 0.2) is 42.3 Å². The fourth-order valence-electron chi connectivity index (χ4n) is 3.19. The van der Waals surface area contributed by atoms with Gasteiger partial charge in [0.25, 0.3) is 0 Å². The molecule has 0 saturated carbocycles. The normalized spacial score (nSPS) is 13.5. The predicted molar refractivity (Wildman–Crippen MR) is 121 cm³/mol. The zero-order chi connectivity index (χ0) is 20.1. The second kappa shape index (κ2) is 19.7. The predicted octanol–water partition coefficient (Wildman–Crippen LogP) is 0.125. The van der Waals surface area contributed by atoms with Crippen LogP contribution in [0.1, 0.15) is 92.4 Å².